The van der Waals surface area contributed by atoms with Crippen molar-refractivity contribution < 1.29 is 18.0 Å². The normalized spacial score (nSPS) is 10.9. The minimum Gasteiger partial charge on any atom is -0.399 e. The van der Waals surface area contributed by atoms with E-state index >= 15 is 0 Å². The summed E-state index contributed by atoms with van der Waals surface area (Å²) in [6, 6.07) is 10.2. The molecule has 24 heavy (non-hydrogen) atoms. The number of anilines is 3. The number of sulfonamides is 1. The molecule has 0 heterocycles. The smallest absolute Gasteiger partial charge is 0.262 e. The Morgan fingerprint density at radius 3 is 2.08 bits per heavy atom. The number of hydrogen-bond donors (Lipinski definition) is 3. The van der Waals surface area contributed by atoms with Crippen molar-refractivity contribution in [3.05, 3.63) is 48.0 Å². The predicted octanol–water partition coefficient (Wildman–Crippen LogP) is 2.23. The molecule has 0 saturated heterocycles. The van der Waals surface area contributed by atoms with Gasteiger partial charge in [0.15, 0.2) is 5.78 Å². The van der Waals surface area contributed by atoms with Gasteiger partial charge in [0.1, 0.15) is 0 Å². The third-order valence-corrected chi connectivity index (χ3v) is 4.57. The maximum Gasteiger partial charge on any atom is 0.262 e. The number of carbonyl (C=O) groups excluding carboxylic acids is 2. The number of nitrogens with one attached hydrogen (secondary N) is 2. The van der Waals surface area contributed by atoms with Crippen LogP contribution in [0.4, 0.5) is 17.1 Å². The number of rotatable bonds is 5. The standard InChI is InChI=1S/C16H17N3O4S/c1-10(20)15-9-12(17)3-8-16(15)24(22,23)19-14-6-4-13(5-7-14)18-11(2)21/h3-9,19H,17H2,1-2H3,(H,18,21). The zero-order valence-corrected chi connectivity index (χ0v) is 14.0. The Morgan fingerprint density at radius 1 is 0.958 bits per heavy atom. The summed E-state index contributed by atoms with van der Waals surface area (Å²) in [5, 5.41) is 2.58. The predicted molar refractivity (Wildman–Crippen MR) is 92.4 cm³/mol. The molecule has 0 unspecified atom stereocenters. The van der Waals surface area contributed by atoms with Gasteiger partial charge in [0.2, 0.25) is 5.91 Å². The number of benzene rings is 2. The monoisotopic (exact) mass is 347 g/mol. The minimum atomic E-state index is -3.96. The van der Waals surface area contributed by atoms with Crippen LogP contribution in [0.2, 0.25) is 0 Å². The Labute approximate surface area is 139 Å². The number of Topliss-reactive ketones (excluding diaryl/α,β-unsaturated/α-hetero) is 1. The number of ketones is 1. The fraction of sp³-hybridized carbons (Fsp3) is 0.125. The highest BCUT2D eigenvalue weighted by molar-refractivity contribution is 7.92. The lowest BCUT2D eigenvalue weighted by Crippen LogP contribution is -2.16. The number of carbonyl (C=O) groups is 2. The third kappa shape index (κ3) is 4.11. The molecule has 4 N–H and O–H groups in total. The first kappa shape index (κ1) is 17.5. The van der Waals surface area contributed by atoms with E-state index in [0.717, 1.165) is 0 Å². The lowest BCUT2D eigenvalue weighted by Gasteiger charge is -2.12. The summed E-state index contributed by atoms with van der Waals surface area (Å²) in [6.45, 7) is 2.65. The van der Waals surface area contributed by atoms with Gasteiger partial charge in [0, 0.05) is 29.5 Å². The van der Waals surface area contributed by atoms with E-state index in [0.29, 0.717) is 17.1 Å². The van der Waals surface area contributed by atoms with E-state index in [2.05, 4.69) is 10.0 Å². The first-order valence-electron chi connectivity index (χ1n) is 7.00. The summed E-state index contributed by atoms with van der Waals surface area (Å²) in [6.07, 6.45) is 0. The highest BCUT2D eigenvalue weighted by Crippen LogP contribution is 2.23. The quantitative estimate of drug-likeness (QED) is 0.566. The van der Waals surface area contributed by atoms with E-state index in [1.807, 2.05) is 0 Å². The zero-order chi connectivity index (χ0) is 17.9. The van der Waals surface area contributed by atoms with Crippen LogP contribution in [-0.4, -0.2) is 20.1 Å². The van der Waals surface area contributed by atoms with E-state index in [1.54, 1.807) is 12.1 Å². The van der Waals surface area contributed by atoms with Gasteiger partial charge in [-0.3, -0.25) is 14.3 Å². The molecule has 2 aromatic rings. The minimum absolute atomic E-state index is 0.0253. The Kier molecular flexibility index (Phi) is 4.89. The van der Waals surface area contributed by atoms with E-state index in [-0.39, 0.29) is 16.4 Å². The average molecular weight is 347 g/mol. The van der Waals surface area contributed by atoms with Gasteiger partial charge in [-0.25, -0.2) is 8.42 Å². The molecule has 0 saturated carbocycles. The largest absolute Gasteiger partial charge is 0.399 e. The van der Waals surface area contributed by atoms with Gasteiger partial charge in [-0.1, -0.05) is 0 Å². The molecular weight excluding hydrogens is 330 g/mol. The van der Waals surface area contributed by atoms with Crippen LogP contribution in [0.3, 0.4) is 0 Å². The van der Waals surface area contributed by atoms with E-state index in [1.165, 1.54) is 44.2 Å². The first-order chi connectivity index (χ1) is 11.2. The lowest BCUT2D eigenvalue weighted by atomic mass is 10.1. The maximum absolute atomic E-state index is 12.5. The molecule has 0 aromatic heterocycles. The lowest BCUT2D eigenvalue weighted by molar-refractivity contribution is -0.114. The van der Waals surface area contributed by atoms with Crippen LogP contribution in [0.25, 0.3) is 0 Å². The van der Waals surface area contributed by atoms with Gasteiger partial charge in [-0.05, 0) is 49.4 Å². The number of nitrogens with two attached hydrogens (primary N) is 1. The summed E-state index contributed by atoms with van der Waals surface area (Å²) in [7, 11) is -3.96. The number of hydrogen-bond acceptors (Lipinski definition) is 5. The topological polar surface area (TPSA) is 118 Å². The van der Waals surface area contributed by atoms with E-state index < -0.39 is 15.8 Å². The average Bonchev–Trinajstić information content (AvgIpc) is 2.48. The van der Waals surface area contributed by atoms with Crippen molar-refractivity contribution in [2.75, 3.05) is 15.8 Å². The van der Waals surface area contributed by atoms with Crippen molar-refractivity contribution in [1.82, 2.24) is 0 Å². The van der Waals surface area contributed by atoms with E-state index in [9.17, 15) is 18.0 Å². The molecule has 8 heteroatoms. The summed E-state index contributed by atoms with van der Waals surface area (Å²) in [4.78, 5) is 22.5. The second-order valence-corrected chi connectivity index (χ2v) is 6.83. The molecule has 0 spiro atoms. The fourth-order valence-electron chi connectivity index (χ4n) is 2.09. The molecule has 0 radical (unpaired) electrons. The van der Waals surface area contributed by atoms with Crippen LogP contribution in [0.1, 0.15) is 24.2 Å². The molecule has 0 fully saturated rings. The molecule has 0 aliphatic heterocycles. The molecule has 1 amide bonds. The maximum atomic E-state index is 12.5. The Hall–Kier alpha value is -2.87. The van der Waals surface area contributed by atoms with Crippen molar-refractivity contribution in [2.24, 2.45) is 0 Å². The van der Waals surface area contributed by atoms with Crippen molar-refractivity contribution in [2.45, 2.75) is 18.7 Å². The van der Waals surface area contributed by atoms with Crippen molar-refractivity contribution >= 4 is 38.8 Å². The zero-order valence-electron chi connectivity index (χ0n) is 13.2. The molecule has 126 valence electrons. The van der Waals surface area contributed by atoms with Crippen LogP contribution in [0, 0.1) is 0 Å². The molecule has 0 atom stereocenters. The molecule has 0 bridgehead atoms. The fourth-order valence-corrected chi connectivity index (χ4v) is 3.39. The van der Waals surface area contributed by atoms with Crippen LogP contribution in [0.5, 0.6) is 0 Å². The molecule has 0 aliphatic rings. The molecule has 0 aliphatic carbocycles. The Bertz CT molecular complexity index is 890. The van der Waals surface area contributed by atoms with Crippen molar-refractivity contribution in [1.29, 1.82) is 0 Å². The van der Waals surface area contributed by atoms with Crippen molar-refractivity contribution in [3.8, 4) is 0 Å². The van der Waals surface area contributed by atoms with Gasteiger partial charge < -0.3 is 11.1 Å². The molecular formula is C16H17N3O4S. The summed E-state index contributed by atoms with van der Waals surface area (Å²) in [5.74, 6) is -0.625. The van der Waals surface area contributed by atoms with Crippen LogP contribution >= 0.6 is 0 Å². The number of amides is 1. The SMILES string of the molecule is CC(=O)Nc1ccc(NS(=O)(=O)c2ccc(N)cc2C(C)=O)cc1. The highest BCUT2D eigenvalue weighted by atomic mass is 32.2. The Balaban J connectivity index is 2.32. The highest BCUT2D eigenvalue weighted by Gasteiger charge is 2.21. The summed E-state index contributed by atoms with van der Waals surface area (Å²) in [5.41, 5.74) is 6.79. The summed E-state index contributed by atoms with van der Waals surface area (Å²) < 4.78 is 27.5. The van der Waals surface area contributed by atoms with Crippen molar-refractivity contribution in [3.63, 3.8) is 0 Å². The van der Waals surface area contributed by atoms with Gasteiger partial charge in [-0.15, -0.1) is 0 Å². The number of nitrogen functional groups attached to an aromatic ring is 1. The van der Waals surface area contributed by atoms with E-state index in [4.69, 9.17) is 5.73 Å². The molecule has 2 aromatic carbocycles. The van der Waals surface area contributed by atoms with Gasteiger partial charge in [0.25, 0.3) is 10.0 Å². The molecule has 7 nitrogen and oxygen atoms in total. The van der Waals surface area contributed by atoms with Crippen LogP contribution < -0.4 is 15.8 Å². The van der Waals surface area contributed by atoms with Gasteiger partial charge in [0.05, 0.1) is 4.90 Å². The first-order valence-corrected chi connectivity index (χ1v) is 8.48. The third-order valence-electron chi connectivity index (χ3n) is 3.13. The summed E-state index contributed by atoms with van der Waals surface area (Å²) >= 11 is 0. The second-order valence-electron chi connectivity index (χ2n) is 5.18. The van der Waals surface area contributed by atoms with Gasteiger partial charge >= 0.3 is 0 Å². The second kappa shape index (κ2) is 6.71. The van der Waals surface area contributed by atoms with Crippen LogP contribution in [-0.2, 0) is 14.8 Å². The van der Waals surface area contributed by atoms with Gasteiger partial charge in [-0.2, -0.15) is 0 Å². The molecule has 2 rings (SSSR count). The Morgan fingerprint density at radius 2 is 1.54 bits per heavy atom. The van der Waals surface area contributed by atoms with Crippen LogP contribution in [0.15, 0.2) is 47.4 Å².